The Kier molecular flexibility index (Phi) is 7.39. The molecule has 8 heteroatoms. The topological polar surface area (TPSA) is 76.5 Å². The van der Waals surface area contributed by atoms with Crippen LogP contribution in [0.4, 0.5) is 11.4 Å². The number of carbonyl (C=O) groups is 1. The van der Waals surface area contributed by atoms with Crippen LogP contribution in [-0.2, 0) is 16.1 Å². The molecule has 0 bridgehead atoms. The number of rotatable bonds is 7. The van der Waals surface area contributed by atoms with Gasteiger partial charge >= 0.3 is 0 Å². The minimum atomic E-state index is -0.430. The fraction of sp³-hybridized carbons (Fsp3) is 0.444. The van der Waals surface area contributed by atoms with Crippen molar-refractivity contribution in [2.75, 3.05) is 29.9 Å². The van der Waals surface area contributed by atoms with Gasteiger partial charge in [-0.15, -0.1) is 0 Å². The Bertz CT molecular complexity index is 1230. The van der Waals surface area contributed by atoms with Gasteiger partial charge in [0.1, 0.15) is 0 Å². The molecule has 1 aromatic heterocycles. The van der Waals surface area contributed by atoms with Crippen LogP contribution in [-0.4, -0.2) is 46.5 Å². The van der Waals surface area contributed by atoms with Crippen LogP contribution < -0.4 is 15.8 Å². The van der Waals surface area contributed by atoms with Gasteiger partial charge in [-0.1, -0.05) is 23.9 Å². The quantitative estimate of drug-likeness (QED) is 0.381. The van der Waals surface area contributed by atoms with Crippen LogP contribution in [0.15, 0.2) is 58.5 Å². The largest absolute Gasteiger partial charge is 0.376 e. The number of piperidine rings is 1. The minimum absolute atomic E-state index is 0.00226. The summed E-state index contributed by atoms with van der Waals surface area (Å²) >= 11 is 1.31. The first kappa shape index (κ1) is 23.9. The van der Waals surface area contributed by atoms with Crippen LogP contribution in [0.1, 0.15) is 39.0 Å². The monoisotopic (exact) mass is 492 g/mol. The Morgan fingerprint density at radius 1 is 1.11 bits per heavy atom. The second-order valence-corrected chi connectivity index (χ2v) is 10.6. The molecule has 0 saturated carbocycles. The third-order valence-electron chi connectivity index (χ3n) is 6.74. The van der Waals surface area contributed by atoms with Crippen molar-refractivity contribution in [1.29, 1.82) is 0 Å². The van der Waals surface area contributed by atoms with E-state index in [2.05, 4.69) is 22.3 Å². The Labute approximate surface area is 209 Å². The molecule has 2 atom stereocenters. The standard InChI is InChI=1S/C27H32N4O3S/c1-19(25(32)28-20-11-13-21(14-12-20)30-15-5-2-6-16-30)35-27-29-24-10-4-3-9-23(24)26(33)31(27)18-22-8-7-17-34-22/h3-4,9-14,19,22H,2,5-8,15-18H2,1H3,(H,28,32). The van der Waals surface area contributed by atoms with Crippen molar-refractivity contribution >= 4 is 39.9 Å². The normalized spacial score (nSPS) is 19.1. The van der Waals surface area contributed by atoms with Gasteiger partial charge in [-0.05, 0) is 75.4 Å². The average Bonchev–Trinajstić information content (AvgIpc) is 3.41. The van der Waals surface area contributed by atoms with E-state index in [-0.39, 0.29) is 17.6 Å². The first-order valence-corrected chi connectivity index (χ1v) is 13.4. The summed E-state index contributed by atoms with van der Waals surface area (Å²) in [5.41, 5.74) is 2.52. The number of nitrogens with one attached hydrogen (secondary N) is 1. The molecule has 2 fully saturated rings. The van der Waals surface area contributed by atoms with E-state index >= 15 is 0 Å². The van der Waals surface area contributed by atoms with E-state index in [0.717, 1.165) is 38.2 Å². The van der Waals surface area contributed by atoms with Gasteiger partial charge in [-0.2, -0.15) is 0 Å². The van der Waals surface area contributed by atoms with E-state index in [4.69, 9.17) is 9.72 Å². The smallest absolute Gasteiger partial charge is 0.262 e. The van der Waals surface area contributed by atoms with Crippen molar-refractivity contribution in [1.82, 2.24) is 9.55 Å². The molecule has 7 nitrogen and oxygen atoms in total. The molecule has 0 radical (unpaired) electrons. The third-order valence-corrected chi connectivity index (χ3v) is 7.83. The summed E-state index contributed by atoms with van der Waals surface area (Å²) in [5.74, 6) is -0.119. The Morgan fingerprint density at radius 3 is 2.63 bits per heavy atom. The van der Waals surface area contributed by atoms with E-state index < -0.39 is 5.25 Å². The molecule has 35 heavy (non-hydrogen) atoms. The Morgan fingerprint density at radius 2 is 1.89 bits per heavy atom. The maximum absolute atomic E-state index is 13.3. The minimum Gasteiger partial charge on any atom is -0.376 e. The maximum atomic E-state index is 13.3. The zero-order valence-corrected chi connectivity index (χ0v) is 20.9. The molecule has 2 aliphatic heterocycles. The van der Waals surface area contributed by atoms with Gasteiger partial charge in [0.2, 0.25) is 5.91 Å². The molecular formula is C27H32N4O3S. The molecule has 0 spiro atoms. The van der Waals surface area contributed by atoms with Crippen molar-refractivity contribution in [3.8, 4) is 0 Å². The predicted octanol–water partition coefficient (Wildman–Crippen LogP) is 4.69. The van der Waals surface area contributed by atoms with Crippen molar-refractivity contribution in [3.63, 3.8) is 0 Å². The van der Waals surface area contributed by atoms with Crippen LogP contribution in [0.2, 0.25) is 0 Å². The lowest BCUT2D eigenvalue weighted by Gasteiger charge is -2.28. The van der Waals surface area contributed by atoms with Gasteiger partial charge in [0.25, 0.3) is 5.56 Å². The fourth-order valence-corrected chi connectivity index (χ4v) is 5.67. The number of amides is 1. The second-order valence-electron chi connectivity index (χ2n) is 9.31. The summed E-state index contributed by atoms with van der Waals surface area (Å²) in [6.45, 7) is 5.20. The van der Waals surface area contributed by atoms with E-state index in [1.807, 2.05) is 37.3 Å². The van der Waals surface area contributed by atoms with Crippen molar-refractivity contribution in [2.45, 2.75) is 62.1 Å². The number of benzene rings is 2. The number of hydrogen-bond acceptors (Lipinski definition) is 6. The predicted molar refractivity (Wildman–Crippen MR) is 141 cm³/mol. The zero-order chi connectivity index (χ0) is 24.2. The summed E-state index contributed by atoms with van der Waals surface area (Å²) in [6.07, 6.45) is 5.68. The van der Waals surface area contributed by atoms with Gasteiger partial charge in [0.05, 0.1) is 28.8 Å². The molecule has 3 aromatic rings. The molecule has 2 saturated heterocycles. The SMILES string of the molecule is CC(Sc1nc2ccccc2c(=O)n1CC1CCCO1)C(=O)Nc1ccc(N2CCCCC2)cc1. The fourth-order valence-electron chi connectivity index (χ4n) is 4.75. The lowest BCUT2D eigenvalue weighted by molar-refractivity contribution is -0.115. The molecule has 5 rings (SSSR count). The number of ether oxygens (including phenoxy) is 1. The second kappa shape index (κ2) is 10.8. The number of hydrogen-bond donors (Lipinski definition) is 1. The highest BCUT2D eigenvalue weighted by atomic mass is 32.2. The van der Waals surface area contributed by atoms with Crippen LogP contribution in [0.3, 0.4) is 0 Å². The molecule has 1 amide bonds. The number of carbonyl (C=O) groups excluding carboxylic acids is 1. The first-order valence-electron chi connectivity index (χ1n) is 12.5. The number of fused-ring (bicyclic) bond motifs is 1. The maximum Gasteiger partial charge on any atom is 0.262 e. The lowest BCUT2D eigenvalue weighted by Crippen LogP contribution is -2.30. The molecule has 2 aliphatic rings. The number of anilines is 2. The van der Waals surface area contributed by atoms with Crippen molar-refractivity contribution < 1.29 is 9.53 Å². The van der Waals surface area contributed by atoms with Crippen LogP contribution >= 0.6 is 11.8 Å². The van der Waals surface area contributed by atoms with Gasteiger partial charge < -0.3 is 15.0 Å². The van der Waals surface area contributed by atoms with Gasteiger partial charge in [-0.3, -0.25) is 14.2 Å². The molecule has 2 aromatic carbocycles. The molecule has 0 aliphatic carbocycles. The molecular weight excluding hydrogens is 460 g/mol. The van der Waals surface area contributed by atoms with Crippen molar-refractivity contribution in [2.24, 2.45) is 0 Å². The van der Waals surface area contributed by atoms with Gasteiger partial charge in [-0.25, -0.2) is 4.98 Å². The number of aromatic nitrogens is 2. The number of para-hydroxylation sites is 1. The third kappa shape index (κ3) is 5.54. The summed E-state index contributed by atoms with van der Waals surface area (Å²) in [4.78, 5) is 33.5. The van der Waals surface area contributed by atoms with Crippen molar-refractivity contribution in [3.05, 3.63) is 58.9 Å². The van der Waals surface area contributed by atoms with Crippen LogP contribution in [0, 0.1) is 0 Å². The summed E-state index contributed by atoms with van der Waals surface area (Å²) in [7, 11) is 0. The number of thioether (sulfide) groups is 1. The van der Waals surface area contributed by atoms with Crippen LogP contribution in [0.25, 0.3) is 10.9 Å². The average molecular weight is 493 g/mol. The molecule has 184 valence electrons. The summed E-state index contributed by atoms with van der Waals surface area (Å²) < 4.78 is 7.47. The van der Waals surface area contributed by atoms with Crippen LogP contribution in [0.5, 0.6) is 0 Å². The summed E-state index contributed by atoms with van der Waals surface area (Å²) in [5, 5.41) is 3.72. The summed E-state index contributed by atoms with van der Waals surface area (Å²) in [6, 6.07) is 15.4. The zero-order valence-electron chi connectivity index (χ0n) is 20.1. The highest BCUT2D eigenvalue weighted by Crippen LogP contribution is 2.26. The Balaban J connectivity index is 1.31. The number of nitrogens with zero attached hydrogens (tertiary/aromatic N) is 3. The molecule has 1 N–H and O–H groups in total. The van der Waals surface area contributed by atoms with E-state index in [0.29, 0.717) is 22.6 Å². The lowest BCUT2D eigenvalue weighted by atomic mass is 10.1. The molecule has 3 heterocycles. The first-order chi connectivity index (χ1) is 17.1. The van der Waals surface area contributed by atoms with E-state index in [9.17, 15) is 9.59 Å². The van der Waals surface area contributed by atoms with E-state index in [1.54, 1.807) is 10.6 Å². The highest BCUT2D eigenvalue weighted by Gasteiger charge is 2.23. The highest BCUT2D eigenvalue weighted by molar-refractivity contribution is 8.00. The van der Waals surface area contributed by atoms with E-state index in [1.165, 1.54) is 36.7 Å². The van der Waals surface area contributed by atoms with Gasteiger partial charge in [0.15, 0.2) is 5.16 Å². The van der Waals surface area contributed by atoms with Gasteiger partial charge in [0, 0.05) is 31.1 Å². The molecule has 2 unspecified atom stereocenters. The Hall–Kier alpha value is -2.84.